The van der Waals surface area contributed by atoms with Crippen LogP contribution in [-0.2, 0) is 6.54 Å². The molecule has 0 bridgehead atoms. The molecule has 1 atom stereocenters. The second kappa shape index (κ2) is 9.91. The van der Waals surface area contributed by atoms with E-state index in [1.807, 2.05) is 11.0 Å². The molecule has 164 valence electrons. The van der Waals surface area contributed by atoms with Crippen molar-refractivity contribution in [3.05, 3.63) is 17.7 Å². The Bertz CT molecular complexity index is 705. The second-order valence-corrected chi connectivity index (χ2v) is 6.66. The van der Waals surface area contributed by atoms with Crippen molar-refractivity contribution in [2.45, 2.75) is 25.7 Å². The van der Waals surface area contributed by atoms with Gasteiger partial charge < -0.3 is 24.4 Å². The Morgan fingerprint density at radius 3 is 2.07 bits per heavy atom. The standard InChI is InChI=1S/C19H29F3N4O3/c1-13(19(20,21)22)25-6-8-26(9-7-25)18(23-2)24-12-14-10-16(28-4)17(29-5)11-15(14)27-3/h10-11,13H,6-9,12H2,1-5H3,(H,23,24). The van der Waals surface area contributed by atoms with E-state index in [2.05, 4.69) is 10.3 Å². The largest absolute Gasteiger partial charge is 0.496 e. The predicted octanol–water partition coefficient (Wildman–Crippen LogP) is 2.36. The van der Waals surface area contributed by atoms with Crippen molar-refractivity contribution in [3.63, 3.8) is 0 Å². The van der Waals surface area contributed by atoms with Gasteiger partial charge in [-0.25, -0.2) is 0 Å². The number of hydrogen-bond acceptors (Lipinski definition) is 5. The molecule has 10 heteroatoms. The summed E-state index contributed by atoms with van der Waals surface area (Å²) in [5, 5.41) is 3.25. The number of benzene rings is 1. The van der Waals surface area contributed by atoms with Gasteiger partial charge in [0.05, 0.1) is 21.3 Å². The lowest BCUT2D eigenvalue weighted by atomic mass is 10.1. The van der Waals surface area contributed by atoms with Crippen LogP contribution in [0.3, 0.4) is 0 Å². The maximum Gasteiger partial charge on any atom is 0.403 e. The Morgan fingerprint density at radius 1 is 1.03 bits per heavy atom. The van der Waals surface area contributed by atoms with Crippen molar-refractivity contribution in [2.24, 2.45) is 4.99 Å². The van der Waals surface area contributed by atoms with Crippen LogP contribution in [-0.4, -0.2) is 82.5 Å². The topological polar surface area (TPSA) is 58.6 Å². The van der Waals surface area contributed by atoms with E-state index in [0.29, 0.717) is 55.9 Å². The molecule has 29 heavy (non-hydrogen) atoms. The highest BCUT2D eigenvalue weighted by Gasteiger charge is 2.41. The van der Waals surface area contributed by atoms with Crippen molar-refractivity contribution >= 4 is 5.96 Å². The summed E-state index contributed by atoms with van der Waals surface area (Å²) in [6.07, 6.45) is -4.22. The molecule has 1 aliphatic rings. The predicted molar refractivity (Wildman–Crippen MR) is 105 cm³/mol. The van der Waals surface area contributed by atoms with Gasteiger partial charge in [0, 0.05) is 51.4 Å². The molecule has 1 aromatic carbocycles. The van der Waals surface area contributed by atoms with Gasteiger partial charge in [-0.3, -0.25) is 9.89 Å². The summed E-state index contributed by atoms with van der Waals surface area (Å²) >= 11 is 0. The normalized spacial score (nSPS) is 17.1. The van der Waals surface area contributed by atoms with E-state index in [-0.39, 0.29) is 0 Å². The first-order valence-corrected chi connectivity index (χ1v) is 9.30. The van der Waals surface area contributed by atoms with Crippen molar-refractivity contribution in [1.82, 2.24) is 15.1 Å². The third kappa shape index (κ3) is 5.59. The fourth-order valence-electron chi connectivity index (χ4n) is 3.27. The average molecular weight is 418 g/mol. The van der Waals surface area contributed by atoms with Gasteiger partial charge >= 0.3 is 6.18 Å². The summed E-state index contributed by atoms with van der Waals surface area (Å²) in [5.41, 5.74) is 0.843. The molecule has 1 fully saturated rings. The first-order valence-electron chi connectivity index (χ1n) is 9.30. The maximum atomic E-state index is 12.9. The molecule has 1 saturated heterocycles. The molecule has 7 nitrogen and oxygen atoms in total. The van der Waals surface area contributed by atoms with Gasteiger partial charge in [0.15, 0.2) is 17.5 Å². The minimum absolute atomic E-state index is 0.320. The number of nitrogens with one attached hydrogen (secondary N) is 1. The number of hydrogen-bond donors (Lipinski definition) is 1. The number of rotatable bonds is 6. The van der Waals surface area contributed by atoms with Crippen LogP contribution >= 0.6 is 0 Å². The number of nitrogens with zero attached hydrogens (tertiary/aromatic N) is 3. The zero-order chi connectivity index (χ0) is 21.6. The zero-order valence-corrected chi connectivity index (χ0v) is 17.5. The Balaban J connectivity index is 2.02. The molecule has 1 unspecified atom stereocenters. The molecule has 0 aliphatic carbocycles. The molecule has 0 saturated carbocycles. The third-order valence-corrected chi connectivity index (χ3v) is 5.07. The van der Waals surface area contributed by atoms with E-state index < -0.39 is 12.2 Å². The Morgan fingerprint density at radius 2 is 1.59 bits per heavy atom. The lowest BCUT2D eigenvalue weighted by molar-refractivity contribution is -0.181. The van der Waals surface area contributed by atoms with Crippen LogP contribution in [0.25, 0.3) is 0 Å². The first-order chi connectivity index (χ1) is 13.7. The quantitative estimate of drug-likeness (QED) is 0.566. The molecule has 0 aromatic heterocycles. The summed E-state index contributed by atoms with van der Waals surface area (Å²) in [6, 6.07) is 2.12. The molecule has 2 rings (SSSR count). The number of guanidine groups is 1. The highest BCUT2D eigenvalue weighted by Crippen LogP contribution is 2.34. The van der Waals surface area contributed by atoms with Gasteiger partial charge in [0.2, 0.25) is 0 Å². The van der Waals surface area contributed by atoms with Crippen LogP contribution in [0, 0.1) is 0 Å². The van der Waals surface area contributed by atoms with E-state index in [9.17, 15) is 13.2 Å². The van der Waals surface area contributed by atoms with E-state index in [4.69, 9.17) is 14.2 Å². The molecule has 1 N–H and O–H groups in total. The molecule has 1 aliphatic heterocycles. The number of piperazine rings is 1. The lowest BCUT2D eigenvalue weighted by Crippen LogP contribution is -2.56. The molecular formula is C19H29F3N4O3. The van der Waals surface area contributed by atoms with Gasteiger partial charge in [0.25, 0.3) is 0 Å². The monoisotopic (exact) mass is 418 g/mol. The first kappa shape index (κ1) is 22.9. The van der Waals surface area contributed by atoms with Gasteiger partial charge in [-0.05, 0) is 13.0 Å². The summed E-state index contributed by atoms with van der Waals surface area (Å²) in [7, 11) is 6.33. The van der Waals surface area contributed by atoms with Crippen LogP contribution in [0.15, 0.2) is 17.1 Å². The third-order valence-electron chi connectivity index (χ3n) is 5.07. The minimum Gasteiger partial charge on any atom is -0.496 e. The molecule has 1 heterocycles. The highest BCUT2D eigenvalue weighted by atomic mass is 19.4. The smallest absolute Gasteiger partial charge is 0.403 e. The average Bonchev–Trinajstić information content (AvgIpc) is 2.72. The van der Waals surface area contributed by atoms with Crippen LogP contribution in [0.4, 0.5) is 13.2 Å². The minimum atomic E-state index is -4.22. The number of halogens is 3. The van der Waals surface area contributed by atoms with Crippen molar-refractivity contribution < 1.29 is 27.4 Å². The maximum absolute atomic E-state index is 12.9. The molecular weight excluding hydrogens is 389 g/mol. The van der Waals surface area contributed by atoms with Crippen LogP contribution < -0.4 is 19.5 Å². The second-order valence-electron chi connectivity index (χ2n) is 6.66. The van der Waals surface area contributed by atoms with E-state index in [1.54, 1.807) is 34.4 Å². The van der Waals surface area contributed by atoms with Crippen molar-refractivity contribution in [1.29, 1.82) is 0 Å². The zero-order valence-electron chi connectivity index (χ0n) is 17.5. The van der Waals surface area contributed by atoms with Gasteiger partial charge in [0.1, 0.15) is 11.8 Å². The van der Waals surface area contributed by atoms with E-state index >= 15 is 0 Å². The van der Waals surface area contributed by atoms with Crippen LogP contribution in [0.1, 0.15) is 12.5 Å². The Hall–Kier alpha value is -2.36. The molecule has 1 aromatic rings. The summed E-state index contributed by atoms with van der Waals surface area (Å²) in [6.45, 7) is 3.18. The van der Waals surface area contributed by atoms with Gasteiger partial charge in [-0.2, -0.15) is 13.2 Å². The molecule has 0 spiro atoms. The van der Waals surface area contributed by atoms with Crippen molar-refractivity contribution in [2.75, 3.05) is 54.6 Å². The van der Waals surface area contributed by atoms with Gasteiger partial charge in [-0.15, -0.1) is 0 Å². The lowest BCUT2D eigenvalue weighted by Gasteiger charge is -2.39. The SMILES string of the molecule is CN=C(NCc1cc(OC)c(OC)cc1OC)N1CCN(C(C)C(F)(F)F)CC1. The fourth-order valence-corrected chi connectivity index (χ4v) is 3.27. The van der Waals surface area contributed by atoms with Crippen LogP contribution in [0.5, 0.6) is 17.2 Å². The Labute approximate surface area is 169 Å². The highest BCUT2D eigenvalue weighted by molar-refractivity contribution is 5.80. The number of ether oxygens (including phenoxy) is 3. The van der Waals surface area contributed by atoms with E-state index in [1.165, 1.54) is 11.8 Å². The molecule has 0 amide bonds. The number of alkyl halides is 3. The summed E-state index contributed by atoms with van der Waals surface area (Å²) in [4.78, 5) is 7.67. The number of methoxy groups -OCH3 is 3. The summed E-state index contributed by atoms with van der Waals surface area (Å²) in [5.74, 6) is 2.40. The van der Waals surface area contributed by atoms with Crippen LogP contribution in [0.2, 0.25) is 0 Å². The molecule has 0 radical (unpaired) electrons. The number of aliphatic imine (C=N–C) groups is 1. The van der Waals surface area contributed by atoms with Gasteiger partial charge in [-0.1, -0.05) is 0 Å². The van der Waals surface area contributed by atoms with Crippen molar-refractivity contribution in [3.8, 4) is 17.2 Å². The Kier molecular flexibility index (Phi) is 7.83. The summed E-state index contributed by atoms with van der Waals surface area (Å²) < 4.78 is 54.8. The fraction of sp³-hybridized carbons (Fsp3) is 0.632. The van der Waals surface area contributed by atoms with E-state index in [0.717, 1.165) is 5.56 Å².